The molecule has 1 atom stereocenters. The fraction of sp³-hybridized carbons (Fsp3) is 0.316. The number of para-hydroxylation sites is 1. The van der Waals surface area contributed by atoms with Crippen molar-refractivity contribution < 1.29 is 4.74 Å². The number of nitrogens with zero attached hydrogens (tertiary/aromatic N) is 4. The first-order valence-electron chi connectivity index (χ1n) is 8.71. The third kappa shape index (κ3) is 2.17. The molecule has 0 bridgehead atoms. The number of hydrogen-bond donors (Lipinski definition) is 0. The van der Waals surface area contributed by atoms with Crippen molar-refractivity contribution in [1.82, 2.24) is 19.2 Å². The quantitative estimate of drug-likeness (QED) is 0.547. The molecule has 132 valence electrons. The number of thiophene rings is 1. The molecule has 1 aliphatic heterocycles. The number of aromatic nitrogens is 4. The maximum Gasteiger partial charge on any atom is 0.268 e. The van der Waals surface area contributed by atoms with Crippen LogP contribution in [0.2, 0.25) is 0 Å². The van der Waals surface area contributed by atoms with Gasteiger partial charge in [0.25, 0.3) is 5.56 Å². The van der Waals surface area contributed by atoms with E-state index in [4.69, 9.17) is 4.74 Å². The predicted molar refractivity (Wildman–Crippen MR) is 101 cm³/mol. The first-order valence-corrected chi connectivity index (χ1v) is 9.53. The van der Waals surface area contributed by atoms with Crippen LogP contribution in [0.5, 0.6) is 0 Å². The van der Waals surface area contributed by atoms with E-state index in [9.17, 15) is 4.79 Å². The van der Waals surface area contributed by atoms with Crippen molar-refractivity contribution in [3.05, 3.63) is 57.5 Å². The molecule has 0 fully saturated rings. The van der Waals surface area contributed by atoms with Gasteiger partial charge in [-0.25, -0.2) is 4.57 Å². The van der Waals surface area contributed by atoms with Gasteiger partial charge in [0.2, 0.25) is 5.78 Å². The van der Waals surface area contributed by atoms with Gasteiger partial charge < -0.3 is 4.74 Å². The van der Waals surface area contributed by atoms with Gasteiger partial charge in [0.1, 0.15) is 11.2 Å². The van der Waals surface area contributed by atoms with Crippen molar-refractivity contribution in [2.24, 2.45) is 5.92 Å². The molecule has 0 saturated heterocycles. The molecule has 1 aromatic carbocycles. The molecule has 1 aliphatic rings. The van der Waals surface area contributed by atoms with Crippen LogP contribution in [0.15, 0.2) is 41.5 Å². The van der Waals surface area contributed by atoms with E-state index in [1.807, 2.05) is 34.7 Å². The lowest BCUT2D eigenvalue weighted by Gasteiger charge is -2.26. The summed E-state index contributed by atoms with van der Waals surface area (Å²) in [6, 6.07) is 9.61. The maximum atomic E-state index is 13.5. The number of benzene rings is 1. The fourth-order valence-electron chi connectivity index (χ4n) is 3.63. The molecular formula is C19H18N4O2S. The summed E-state index contributed by atoms with van der Waals surface area (Å²) in [5, 5.41) is 9.04. The molecule has 3 aromatic heterocycles. The summed E-state index contributed by atoms with van der Waals surface area (Å²) in [6.45, 7) is 4.88. The third-order valence-corrected chi connectivity index (χ3v) is 6.23. The summed E-state index contributed by atoms with van der Waals surface area (Å²) < 4.78 is 9.57. The smallest absolute Gasteiger partial charge is 0.268 e. The third-order valence-electron chi connectivity index (χ3n) is 5.03. The van der Waals surface area contributed by atoms with Crippen LogP contribution in [-0.2, 0) is 17.8 Å². The average Bonchev–Trinajstić information content (AvgIpc) is 3.26. The molecule has 0 radical (unpaired) electrons. The monoisotopic (exact) mass is 366 g/mol. The molecule has 0 saturated carbocycles. The summed E-state index contributed by atoms with van der Waals surface area (Å²) in [5.41, 5.74) is 1.89. The highest BCUT2D eigenvalue weighted by Crippen LogP contribution is 2.36. The van der Waals surface area contributed by atoms with Crippen molar-refractivity contribution in [1.29, 1.82) is 0 Å². The summed E-state index contributed by atoms with van der Waals surface area (Å²) >= 11 is 1.61. The second-order valence-electron chi connectivity index (χ2n) is 6.96. The van der Waals surface area contributed by atoms with Gasteiger partial charge in [-0.2, -0.15) is 0 Å². The van der Waals surface area contributed by atoms with Gasteiger partial charge in [0.15, 0.2) is 0 Å². The summed E-state index contributed by atoms with van der Waals surface area (Å²) in [7, 11) is 0. The van der Waals surface area contributed by atoms with Crippen LogP contribution in [0.25, 0.3) is 21.7 Å². The highest BCUT2D eigenvalue weighted by molar-refractivity contribution is 7.18. The van der Waals surface area contributed by atoms with Crippen LogP contribution in [0.4, 0.5) is 0 Å². The fourth-order valence-corrected chi connectivity index (χ4v) is 4.84. The SMILES string of the molecule is CC(C)[C@H]1Cc2c(sc3c2c(=O)n(-c2ccccc2)c2nncn32)CO1. The van der Waals surface area contributed by atoms with Crippen molar-refractivity contribution in [3.63, 3.8) is 0 Å². The zero-order chi connectivity index (χ0) is 17.8. The molecule has 0 amide bonds. The lowest BCUT2D eigenvalue weighted by Crippen LogP contribution is -2.28. The molecule has 0 N–H and O–H groups in total. The molecule has 4 heterocycles. The van der Waals surface area contributed by atoms with E-state index in [0.717, 1.165) is 32.8 Å². The Morgan fingerprint density at radius 2 is 2.08 bits per heavy atom. The highest BCUT2D eigenvalue weighted by Gasteiger charge is 2.29. The van der Waals surface area contributed by atoms with Gasteiger partial charge in [-0.1, -0.05) is 32.0 Å². The molecule has 6 nitrogen and oxygen atoms in total. The molecule has 0 spiro atoms. The number of fused-ring (bicyclic) bond motifs is 5. The zero-order valence-electron chi connectivity index (χ0n) is 14.5. The minimum absolute atomic E-state index is 0.0337. The van der Waals surface area contributed by atoms with E-state index in [2.05, 4.69) is 24.0 Å². The Hall–Kier alpha value is -2.51. The summed E-state index contributed by atoms with van der Waals surface area (Å²) in [5.74, 6) is 0.946. The second kappa shape index (κ2) is 5.75. The van der Waals surface area contributed by atoms with E-state index in [1.54, 1.807) is 22.2 Å². The Bertz CT molecular complexity index is 1170. The normalized spacial score (nSPS) is 17.3. The van der Waals surface area contributed by atoms with E-state index in [0.29, 0.717) is 18.3 Å². The van der Waals surface area contributed by atoms with E-state index < -0.39 is 0 Å². The molecule has 0 unspecified atom stereocenters. The zero-order valence-corrected chi connectivity index (χ0v) is 15.4. The van der Waals surface area contributed by atoms with Crippen molar-refractivity contribution in [2.45, 2.75) is 33.0 Å². The molecule has 0 aliphatic carbocycles. The Balaban J connectivity index is 1.87. The molecule has 5 rings (SSSR count). The van der Waals surface area contributed by atoms with Crippen molar-refractivity contribution in [3.8, 4) is 5.69 Å². The second-order valence-corrected chi connectivity index (χ2v) is 8.04. The lowest BCUT2D eigenvalue weighted by molar-refractivity contribution is 0.00200. The largest absolute Gasteiger partial charge is 0.372 e. The van der Waals surface area contributed by atoms with Gasteiger partial charge in [-0.15, -0.1) is 21.5 Å². The van der Waals surface area contributed by atoms with Crippen LogP contribution in [0, 0.1) is 5.92 Å². The Kier molecular flexibility index (Phi) is 3.48. The number of ether oxygens (including phenoxy) is 1. The van der Waals surface area contributed by atoms with Gasteiger partial charge in [-0.05, 0) is 23.6 Å². The van der Waals surface area contributed by atoms with Crippen LogP contribution >= 0.6 is 11.3 Å². The summed E-state index contributed by atoms with van der Waals surface area (Å²) in [4.78, 5) is 15.5. The van der Waals surface area contributed by atoms with Gasteiger partial charge in [0, 0.05) is 11.3 Å². The van der Waals surface area contributed by atoms with Gasteiger partial charge in [0.05, 0.1) is 23.8 Å². The van der Waals surface area contributed by atoms with E-state index in [1.165, 1.54) is 0 Å². The lowest BCUT2D eigenvalue weighted by atomic mass is 9.96. The van der Waals surface area contributed by atoms with Crippen molar-refractivity contribution >= 4 is 27.3 Å². The topological polar surface area (TPSA) is 61.4 Å². The first-order chi connectivity index (χ1) is 12.6. The van der Waals surface area contributed by atoms with Crippen LogP contribution in [0.3, 0.4) is 0 Å². The highest BCUT2D eigenvalue weighted by atomic mass is 32.1. The summed E-state index contributed by atoms with van der Waals surface area (Å²) in [6.07, 6.45) is 2.59. The molecular weight excluding hydrogens is 348 g/mol. The standard InChI is InChI=1S/C19H18N4O2S/c1-11(2)14-8-13-15(9-25-14)26-18-16(13)17(24)23(12-6-4-3-5-7-12)19-21-20-10-22(18)19/h3-7,10-11,14H,8-9H2,1-2H3/t14-/m1/s1. The Morgan fingerprint density at radius 1 is 1.27 bits per heavy atom. The molecule has 26 heavy (non-hydrogen) atoms. The van der Waals surface area contributed by atoms with E-state index >= 15 is 0 Å². The van der Waals surface area contributed by atoms with Crippen molar-refractivity contribution in [2.75, 3.05) is 0 Å². The van der Waals surface area contributed by atoms with Crippen LogP contribution in [-0.4, -0.2) is 25.3 Å². The van der Waals surface area contributed by atoms with Gasteiger partial charge >= 0.3 is 0 Å². The average molecular weight is 366 g/mol. The van der Waals surface area contributed by atoms with E-state index in [-0.39, 0.29) is 11.7 Å². The van der Waals surface area contributed by atoms with Crippen LogP contribution in [0.1, 0.15) is 24.3 Å². The number of hydrogen-bond acceptors (Lipinski definition) is 5. The minimum Gasteiger partial charge on any atom is -0.372 e. The van der Waals surface area contributed by atoms with Crippen LogP contribution < -0.4 is 5.56 Å². The van der Waals surface area contributed by atoms with Gasteiger partial charge in [-0.3, -0.25) is 9.20 Å². The number of rotatable bonds is 2. The first kappa shape index (κ1) is 15.7. The predicted octanol–water partition coefficient (Wildman–Crippen LogP) is 3.19. The maximum absolute atomic E-state index is 13.5. The Morgan fingerprint density at radius 3 is 2.85 bits per heavy atom. The molecule has 4 aromatic rings. The Labute approximate surface area is 153 Å². The minimum atomic E-state index is -0.0337. The molecule has 7 heteroatoms.